The number of benzene rings is 1. The maximum Gasteiger partial charge on any atom is 0.278 e. The summed E-state index contributed by atoms with van der Waals surface area (Å²) < 4.78 is 5.24. The van der Waals surface area contributed by atoms with Gasteiger partial charge in [-0.2, -0.15) is 4.98 Å². The standard InChI is InChI=1S/C17H11N5O2S/c23-16(14-5-2-8-25-14)20-12-4-1-3-11(9-12)15-21-17(24-22-15)13-10-18-6-7-19-13/h1-10H,(H,20,23). The van der Waals surface area contributed by atoms with Gasteiger partial charge in [-0.25, -0.2) is 4.98 Å². The van der Waals surface area contributed by atoms with Crippen LogP contribution in [0.25, 0.3) is 23.0 Å². The third-order valence-corrected chi connectivity index (χ3v) is 4.20. The maximum absolute atomic E-state index is 12.1. The van der Waals surface area contributed by atoms with Crippen molar-refractivity contribution in [3.05, 3.63) is 65.2 Å². The van der Waals surface area contributed by atoms with E-state index in [0.717, 1.165) is 5.56 Å². The molecule has 0 atom stereocenters. The molecule has 1 amide bonds. The molecule has 0 radical (unpaired) electrons. The second-order valence-corrected chi connectivity index (χ2v) is 5.97. The van der Waals surface area contributed by atoms with Gasteiger partial charge in [0.2, 0.25) is 5.82 Å². The average molecular weight is 349 g/mol. The van der Waals surface area contributed by atoms with Crippen molar-refractivity contribution in [2.24, 2.45) is 0 Å². The molecule has 8 heteroatoms. The highest BCUT2D eigenvalue weighted by Gasteiger charge is 2.13. The van der Waals surface area contributed by atoms with E-state index in [2.05, 4.69) is 25.4 Å². The van der Waals surface area contributed by atoms with Crippen molar-refractivity contribution in [2.75, 3.05) is 5.32 Å². The number of rotatable bonds is 4. The normalized spacial score (nSPS) is 10.6. The average Bonchev–Trinajstić information content (AvgIpc) is 3.35. The summed E-state index contributed by atoms with van der Waals surface area (Å²) in [5.41, 5.74) is 1.88. The largest absolute Gasteiger partial charge is 0.332 e. The van der Waals surface area contributed by atoms with Gasteiger partial charge in [-0.05, 0) is 23.6 Å². The Morgan fingerprint density at radius 3 is 2.92 bits per heavy atom. The van der Waals surface area contributed by atoms with Crippen LogP contribution in [0.15, 0.2) is 64.9 Å². The van der Waals surface area contributed by atoms with Gasteiger partial charge in [0.15, 0.2) is 0 Å². The third kappa shape index (κ3) is 3.29. The van der Waals surface area contributed by atoms with Gasteiger partial charge in [-0.1, -0.05) is 23.4 Å². The Morgan fingerprint density at radius 2 is 2.12 bits per heavy atom. The molecule has 0 saturated carbocycles. The van der Waals surface area contributed by atoms with Gasteiger partial charge in [-0.3, -0.25) is 9.78 Å². The zero-order valence-corrected chi connectivity index (χ0v) is 13.6. The monoisotopic (exact) mass is 349 g/mol. The molecule has 0 aliphatic carbocycles. The Morgan fingerprint density at radius 1 is 1.16 bits per heavy atom. The van der Waals surface area contributed by atoms with Crippen molar-refractivity contribution >= 4 is 22.9 Å². The lowest BCUT2D eigenvalue weighted by Crippen LogP contribution is -2.09. The molecule has 122 valence electrons. The van der Waals surface area contributed by atoms with E-state index in [-0.39, 0.29) is 11.8 Å². The molecule has 7 nitrogen and oxygen atoms in total. The fraction of sp³-hybridized carbons (Fsp3) is 0. The minimum absolute atomic E-state index is 0.152. The fourth-order valence-electron chi connectivity index (χ4n) is 2.19. The Kier molecular flexibility index (Phi) is 4.01. The molecule has 0 aliphatic heterocycles. The van der Waals surface area contributed by atoms with Gasteiger partial charge in [0.05, 0.1) is 11.1 Å². The first-order chi connectivity index (χ1) is 12.3. The molecule has 25 heavy (non-hydrogen) atoms. The predicted octanol–water partition coefficient (Wildman–Crippen LogP) is 3.51. The van der Waals surface area contributed by atoms with Crippen LogP contribution >= 0.6 is 11.3 Å². The molecule has 0 saturated heterocycles. The molecule has 0 aliphatic rings. The molecule has 0 unspecified atom stereocenters. The first-order valence-corrected chi connectivity index (χ1v) is 8.23. The van der Waals surface area contributed by atoms with Crippen molar-refractivity contribution in [3.8, 4) is 23.0 Å². The number of thiophene rings is 1. The highest BCUT2D eigenvalue weighted by molar-refractivity contribution is 7.12. The molecule has 4 rings (SSSR count). The van der Waals surface area contributed by atoms with E-state index in [1.807, 2.05) is 23.6 Å². The number of carbonyl (C=O) groups excluding carboxylic acids is 1. The SMILES string of the molecule is O=C(Nc1cccc(-c2noc(-c3cnccn3)n2)c1)c1cccs1. The summed E-state index contributed by atoms with van der Waals surface area (Å²) in [6.07, 6.45) is 4.68. The van der Waals surface area contributed by atoms with Crippen LogP contribution in [-0.2, 0) is 0 Å². The molecule has 1 aromatic carbocycles. The summed E-state index contributed by atoms with van der Waals surface area (Å²) in [5, 5.41) is 8.68. The number of carbonyl (C=O) groups is 1. The summed E-state index contributed by atoms with van der Waals surface area (Å²) in [7, 11) is 0. The van der Waals surface area contributed by atoms with Gasteiger partial charge in [-0.15, -0.1) is 11.3 Å². The van der Waals surface area contributed by atoms with Gasteiger partial charge >= 0.3 is 0 Å². The zero-order chi connectivity index (χ0) is 17.1. The second-order valence-electron chi connectivity index (χ2n) is 5.03. The van der Waals surface area contributed by atoms with E-state index < -0.39 is 0 Å². The van der Waals surface area contributed by atoms with Gasteiger partial charge in [0.25, 0.3) is 11.8 Å². The topological polar surface area (TPSA) is 93.8 Å². The number of hydrogen-bond acceptors (Lipinski definition) is 7. The fourth-order valence-corrected chi connectivity index (χ4v) is 2.81. The number of nitrogens with one attached hydrogen (secondary N) is 1. The van der Waals surface area contributed by atoms with E-state index in [1.54, 1.807) is 36.8 Å². The van der Waals surface area contributed by atoms with Crippen LogP contribution in [0, 0.1) is 0 Å². The zero-order valence-electron chi connectivity index (χ0n) is 12.8. The first-order valence-electron chi connectivity index (χ1n) is 7.35. The van der Waals surface area contributed by atoms with Crippen LogP contribution in [0.5, 0.6) is 0 Å². The first kappa shape index (κ1) is 15.2. The highest BCUT2D eigenvalue weighted by atomic mass is 32.1. The van der Waals surface area contributed by atoms with Crippen LogP contribution in [-0.4, -0.2) is 26.0 Å². The molecule has 3 aromatic heterocycles. The third-order valence-electron chi connectivity index (χ3n) is 3.33. The number of anilines is 1. The van der Waals surface area contributed by atoms with E-state index in [4.69, 9.17) is 4.52 Å². The second kappa shape index (κ2) is 6.62. The molecular formula is C17H11N5O2S. The lowest BCUT2D eigenvalue weighted by molar-refractivity contribution is 0.103. The van der Waals surface area contributed by atoms with Gasteiger partial charge in [0, 0.05) is 23.6 Å². The van der Waals surface area contributed by atoms with E-state index in [9.17, 15) is 4.79 Å². The summed E-state index contributed by atoms with van der Waals surface area (Å²) in [5.74, 6) is 0.546. The molecular weight excluding hydrogens is 338 g/mol. The lowest BCUT2D eigenvalue weighted by Gasteiger charge is -2.04. The molecule has 0 bridgehead atoms. The minimum Gasteiger partial charge on any atom is -0.332 e. The van der Waals surface area contributed by atoms with Gasteiger partial charge in [0.1, 0.15) is 5.69 Å². The summed E-state index contributed by atoms with van der Waals surface area (Å²) in [4.78, 5) is 25.2. The number of nitrogens with zero attached hydrogens (tertiary/aromatic N) is 4. The Bertz CT molecular complexity index is 999. The van der Waals surface area contributed by atoms with Crippen LogP contribution in [0.2, 0.25) is 0 Å². The molecule has 1 N–H and O–H groups in total. The van der Waals surface area contributed by atoms with Crippen LogP contribution < -0.4 is 5.32 Å². The van der Waals surface area contributed by atoms with Crippen LogP contribution in [0.4, 0.5) is 5.69 Å². The minimum atomic E-state index is -0.152. The molecule has 4 aromatic rings. The van der Waals surface area contributed by atoms with Crippen molar-refractivity contribution in [2.45, 2.75) is 0 Å². The maximum atomic E-state index is 12.1. The number of amides is 1. The summed E-state index contributed by atoms with van der Waals surface area (Å²) in [6, 6.07) is 10.9. The van der Waals surface area contributed by atoms with E-state index >= 15 is 0 Å². The smallest absolute Gasteiger partial charge is 0.278 e. The lowest BCUT2D eigenvalue weighted by atomic mass is 10.2. The highest BCUT2D eigenvalue weighted by Crippen LogP contribution is 2.23. The number of hydrogen-bond donors (Lipinski definition) is 1. The predicted molar refractivity (Wildman–Crippen MR) is 93.0 cm³/mol. The Labute approximate surface area is 146 Å². The molecule has 3 heterocycles. The van der Waals surface area contributed by atoms with Crippen LogP contribution in [0.3, 0.4) is 0 Å². The molecule has 0 spiro atoms. The van der Waals surface area contributed by atoms with Crippen LogP contribution in [0.1, 0.15) is 9.67 Å². The summed E-state index contributed by atoms with van der Waals surface area (Å²) >= 11 is 1.39. The molecule has 0 fully saturated rings. The van der Waals surface area contributed by atoms with E-state index in [0.29, 0.717) is 22.1 Å². The van der Waals surface area contributed by atoms with Crippen molar-refractivity contribution in [3.63, 3.8) is 0 Å². The van der Waals surface area contributed by atoms with Crippen molar-refractivity contribution < 1.29 is 9.32 Å². The summed E-state index contributed by atoms with van der Waals surface area (Å²) in [6.45, 7) is 0. The quantitative estimate of drug-likeness (QED) is 0.606. The number of aromatic nitrogens is 4. The van der Waals surface area contributed by atoms with Gasteiger partial charge < -0.3 is 9.84 Å². The Hall–Kier alpha value is -3.39. The van der Waals surface area contributed by atoms with Crippen molar-refractivity contribution in [1.82, 2.24) is 20.1 Å². The Balaban J connectivity index is 1.58. The van der Waals surface area contributed by atoms with Crippen molar-refractivity contribution in [1.29, 1.82) is 0 Å². The van der Waals surface area contributed by atoms with E-state index in [1.165, 1.54) is 11.3 Å².